The zero-order valence-corrected chi connectivity index (χ0v) is 19.1. The number of nitrogens with zero attached hydrogens (tertiary/aromatic N) is 1. The van der Waals surface area contributed by atoms with Crippen LogP contribution in [0.25, 0.3) is 0 Å². The molecular weight excluding hydrogens is 435 g/mol. The molecule has 1 fully saturated rings. The number of ether oxygens (including phenoxy) is 2. The van der Waals surface area contributed by atoms with Gasteiger partial charge in [0.2, 0.25) is 0 Å². The van der Waals surface area contributed by atoms with Gasteiger partial charge in [-0.25, -0.2) is 4.39 Å². The van der Waals surface area contributed by atoms with Crippen LogP contribution in [0.3, 0.4) is 0 Å². The number of halogens is 1. The molecule has 4 rings (SSSR count). The maximum absolute atomic E-state index is 13.1. The molecule has 0 spiro atoms. The van der Waals surface area contributed by atoms with Crippen LogP contribution in [0, 0.1) is 5.82 Å². The molecule has 3 aromatic carbocycles. The van der Waals surface area contributed by atoms with Gasteiger partial charge in [-0.1, -0.05) is 30.3 Å². The van der Waals surface area contributed by atoms with E-state index in [9.17, 15) is 14.3 Å². The minimum Gasteiger partial charge on any atom is -0.489 e. The monoisotopic (exact) mass is 464 g/mol. The van der Waals surface area contributed by atoms with Crippen LogP contribution in [-0.2, 0) is 0 Å². The van der Waals surface area contributed by atoms with Crippen LogP contribution >= 0.6 is 0 Å². The number of likely N-dealkylation sites (tertiary alicyclic amines) is 1. The van der Waals surface area contributed by atoms with Crippen molar-refractivity contribution in [1.82, 2.24) is 4.90 Å². The Morgan fingerprint density at radius 2 is 1.79 bits per heavy atom. The topological polar surface area (TPSA) is 71.0 Å². The number of nitrogens with one attached hydrogen (secondary N) is 1. The Morgan fingerprint density at radius 1 is 1.09 bits per heavy atom. The summed E-state index contributed by atoms with van der Waals surface area (Å²) in [6.45, 7) is 3.65. The smallest absolute Gasteiger partial charge is 0.255 e. The third kappa shape index (κ3) is 6.56. The van der Waals surface area contributed by atoms with E-state index >= 15 is 0 Å². The molecule has 7 heteroatoms. The number of carbonyl (C=O) groups excluding carboxylic acids is 1. The molecule has 0 aromatic heterocycles. The van der Waals surface area contributed by atoms with E-state index in [0.29, 0.717) is 35.8 Å². The van der Waals surface area contributed by atoms with Gasteiger partial charge in [-0.15, -0.1) is 0 Å². The molecule has 0 radical (unpaired) electrons. The van der Waals surface area contributed by atoms with Gasteiger partial charge in [0.05, 0.1) is 5.69 Å². The predicted octanol–water partition coefficient (Wildman–Crippen LogP) is 4.36. The highest BCUT2D eigenvalue weighted by Gasteiger charge is 2.31. The molecule has 2 unspecified atom stereocenters. The van der Waals surface area contributed by atoms with Crippen molar-refractivity contribution in [1.29, 1.82) is 0 Å². The highest BCUT2D eigenvalue weighted by molar-refractivity contribution is 6.04. The van der Waals surface area contributed by atoms with E-state index in [1.807, 2.05) is 30.3 Å². The molecule has 0 bridgehead atoms. The maximum Gasteiger partial charge on any atom is 0.255 e. The van der Waals surface area contributed by atoms with Crippen LogP contribution in [-0.4, -0.2) is 53.9 Å². The number of para-hydroxylation sites is 2. The van der Waals surface area contributed by atoms with Gasteiger partial charge in [-0.3, -0.25) is 9.69 Å². The molecule has 1 heterocycles. The molecular formula is C27H29FN2O4. The van der Waals surface area contributed by atoms with Crippen LogP contribution in [0.4, 0.5) is 10.1 Å². The van der Waals surface area contributed by atoms with Crippen molar-refractivity contribution in [3.63, 3.8) is 0 Å². The molecule has 1 amide bonds. The molecule has 34 heavy (non-hydrogen) atoms. The summed E-state index contributed by atoms with van der Waals surface area (Å²) in [6, 6.07) is 22.1. The second kappa shape index (κ2) is 10.7. The second-order valence-corrected chi connectivity index (χ2v) is 8.82. The molecule has 0 saturated carbocycles. The summed E-state index contributed by atoms with van der Waals surface area (Å²) < 4.78 is 24.9. The Labute approximate surface area is 198 Å². The summed E-state index contributed by atoms with van der Waals surface area (Å²) in [4.78, 5) is 14.6. The fraction of sp³-hybridized carbons (Fsp3) is 0.296. The lowest BCUT2D eigenvalue weighted by Gasteiger charge is -2.29. The summed E-state index contributed by atoms with van der Waals surface area (Å²) in [5.74, 6) is 0.605. The van der Waals surface area contributed by atoms with Crippen molar-refractivity contribution < 1.29 is 23.8 Å². The predicted molar refractivity (Wildman–Crippen MR) is 129 cm³/mol. The quantitative estimate of drug-likeness (QED) is 0.492. The summed E-state index contributed by atoms with van der Waals surface area (Å²) in [6.07, 6.45) is 0.805. The lowest BCUT2D eigenvalue weighted by atomic mass is 10.1. The average molecular weight is 465 g/mol. The number of β-amino-alcohol motifs (C(OH)–C–C–N with tert-alkyl or cyclic N) is 1. The van der Waals surface area contributed by atoms with E-state index in [1.54, 1.807) is 43.3 Å². The van der Waals surface area contributed by atoms with Gasteiger partial charge in [-0.05, 0) is 61.9 Å². The van der Waals surface area contributed by atoms with Crippen LogP contribution in [0.2, 0.25) is 0 Å². The molecule has 1 aliphatic heterocycles. The second-order valence-electron chi connectivity index (χ2n) is 8.82. The number of hydrogen-bond donors (Lipinski definition) is 2. The molecule has 0 aliphatic carbocycles. The van der Waals surface area contributed by atoms with Crippen LogP contribution in [0.1, 0.15) is 23.7 Å². The fourth-order valence-corrected chi connectivity index (χ4v) is 3.98. The molecule has 3 aromatic rings. The summed E-state index contributed by atoms with van der Waals surface area (Å²) >= 11 is 0. The third-order valence-corrected chi connectivity index (χ3v) is 5.62. The van der Waals surface area contributed by atoms with E-state index in [0.717, 1.165) is 13.0 Å². The van der Waals surface area contributed by atoms with Gasteiger partial charge in [0.25, 0.3) is 5.91 Å². The average Bonchev–Trinajstić information content (AvgIpc) is 3.26. The van der Waals surface area contributed by atoms with Gasteiger partial charge >= 0.3 is 0 Å². The van der Waals surface area contributed by atoms with Crippen LogP contribution in [0.15, 0.2) is 78.9 Å². The lowest BCUT2D eigenvalue weighted by molar-refractivity contribution is -0.0141. The molecule has 1 saturated heterocycles. The minimum atomic E-state index is -1.11. The van der Waals surface area contributed by atoms with E-state index in [1.165, 1.54) is 12.1 Å². The Kier molecular flexibility index (Phi) is 7.45. The Bertz CT molecular complexity index is 1090. The number of anilines is 1. The largest absolute Gasteiger partial charge is 0.489 e. The zero-order chi connectivity index (χ0) is 24.0. The van der Waals surface area contributed by atoms with Crippen molar-refractivity contribution in [2.45, 2.75) is 25.0 Å². The van der Waals surface area contributed by atoms with Crippen molar-refractivity contribution in [3.05, 3.63) is 90.2 Å². The molecule has 178 valence electrons. The SMILES string of the molecule is CC(O)(COc1ccccc1NC(=O)c1ccccc1)CN1CCC(Oc2ccc(F)cc2)C1. The third-order valence-electron chi connectivity index (χ3n) is 5.62. The number of aliphatic hydroxyl groups is 1. The standard InChI is InChI=1S/C27H29FN2O4/c1-27(32,18-30-16-15-23(17-30)34-22-13-11-21(28)12-14-22)19-33-25-10-6-5-9-24(25)29-26(31)20-7-3-2-4-8-20/h2-14,23,32H,15-19H2,1H3,(H,29,31). The highest BCUT2D eigenvalue weighted by atomic mass is 19.1. The molecule has 6 nitrogen and oxygen atoms in total. The Morgan fingerprint density at radius 3 is 2.56 bits per heavy atom. The number of rotatable bonds is 9. The molecule has 1 aliphatic rings. The number of carbonyl (C=O) groups is 1. The number of benzene rings is 3. The van der Waals surface area contributed by atoms with E-state index in [2.05, 4.69) is 10.2 Å². The van der Waals surface area contributed by atoms with E-state index in [-0.39, 0.29) is 24.4 Å². The first-order valence-corrected chi connectivity index (χ1v) is 11.3. The number of amides is 1. The fourth-order valence-electron chi connectivity index (χ4n) is 3.98. The molecule has 2 atom stereocenters. The number of hydrogen-bond acceptors (Lipinski definition) is 5. The first-order valence-electron chi connectivity index (χ1n) is 11.3. The van der Waals surface area contributed by atoms with Gasteiger partial charge < -0.3 is 19.9 Å². The van der Waals surface area contributed by atoms with Crippen LogP contribution < -0.4 is 14.8 Å². The normalized spacial score (nSPS) is 17.7. The van der Waals surface area contributed by atoms with E-state index < -0.39 is 5.60 Å². The highest BCUT2D eigenvalue weighted by Crippen LogP contribution is 2.26. The zero-order valence-electron chi connectivity index (χ0n) is 19.1. The van der Waals surface area contributed by atoms with Gasteiger partial charge in [0.15, 0.2) is 0 Å². The Hall–Kier alpha value is -3.42. The Balaban J connectivity index is 1.29. The maximum atomic E-state index is 13.1. The van der Waals surface area contributed by atoms with Gasteiger partial charge in [0.1, 0.15) is 35.6 Å². The van der Waals surface area contributed by atoms with E-state index in [4.69, 9.17) is 9.47 Å². The van der Waals surface area contributed by atoms with Crippen molar-refractivity contribution in [2.75, 3.05) is 31.6 Å². The first-order chi connectivity index (χ1) is 16.4. The van der Waals surface area contributed by atoms with Crippen molar-refractivity contribution >= 4 is 11.6 Å². The van der Waals surface area contributed by atoms with Crippen molar-refractivity contribution in [2.24, 2.45) is 0 Å². The summed E-state index contributed by atoms with van der Waals surface area (Å²) in [7, 11) is 0. The lowest BCUT2D eigenvalue weighted by Crippen LogP contribution is -2.44. The minimum absolute atomic E-state index is 0.0175. The van der Waals surface area contributed by atoms with Gasteiger partial charge in [0, 0.05) is 25.2 Å². The summed E-state index contributed by atoms with van der Waals surface area (Å²) in [5, 5.41) is 13.8. The van der Waals surface area contributed by atoms with Crippen molar-refractivity contribution in [3.8, 4) is 11.5 Å². The van der Waals surface area contributed by atoms with Crippen LogP contribution in [0.5, 0.6) is 11.5 Å². The summed E-state index contributed by atoms with van der Waals surface area (Å²) in [5.41, 5.74) is -0.0155. The van der Waals surface area contributed by atoms with Gasteiger partial charge in [-0.2, -0.15) is 0 Å². The first kappa shape index (κ1) is 23.7. The molecule has 2 N–H and O–H groups in total.